The Morgan fingerprint density at radius 3 is 2.58 bits per heavy atom. The van der Waals surface area contributed by atoms with Crippen LogP contribution in [0.25, 0.3) is 17.0 Å². The molecule has 3 aliphatic rings. The molecule has 36 heavy (non-hydrogen) atoms. The molecule has 1 aromatic carbocycles. The summed E-state index contributed by atoms with van der Waals surface area (Å²) in [6.45, 7) is 11.0. The minimum Gasteiger partial charge on any atom is -0.497 e. The summed E-state index contributed by atoms with van der Waals surface area (Å²) in [7, 11) is 3.25. The minimum absolute atomic E-state index is 0.0865. The summed E-state index contributed by atoms with van der Waals surface area (Å²) in [6, 6.07) is 6.73. The first kappa shape index (κ1) is 26.3. The van der Waals surface area contributed by atoms with E-state index in [-0.39, 0.29) is 17.8 Å². The molecule has 2 saturated carbocycles. The van der Waals surface area contributed by atoms with Crippen LogP contribution in [0.4, 0.5) is 0 Å². The van der Waals surface area contributed by atoms with Crippen molar-refractivity contribution in [1.29, 1.82) is 0 Å². The highest BCUT2D eigenvalue weighted by atomic mass is 16.5. The molecule has 4 heteroatoms. The lowest BCUT2D eigenvalue weighted by molar-refractivity contribution is -0.148. The van der Waals surface area contributed by atoms with E-state index in [9.17, 15) is 4.79 Å². The normalized spacial score (nSPS) is 28.2. The summed E-state index contributed by atoms with van der Waals surface area (Å²) in [5.74, 6) is 1.80. The molecule has 0 saturated heterocycles. The second kappa shape index (κ2) is 11.1. The molecule has 0 radical (unpaired) electrons. The van der Waals surface area contributed by atoms with E-state index in [1.807, 2.05) is 19.9 Å². The van der Waals surface area contributed by atoms with Crippen LogP contribution in [0.5, 0.6) is 0 Å². The van der Waals surface area contributed by atoms with Crippen LogP contribution in [0.2, 0.25) is 0 Å². The van der Waals surface area contributed by atoms with Gasteiger partial charge in [0, 0.05) is 29.1 Å². The summed E-state index contributed by atoms with van der Waals surface area (Å²) in [6.07, 6.45) is 16.5. The predicted molar refractivity (Wildman–Crippen MR) is 149 cm³/mol. The van der Waals surface area contributed by atoms with Crippen LogP contribution < -0.4 is 0 Å². The van der Waals surface area contributed by atoms with Crippen LogP contribution in [0, 0.1) is 11.3 Å². The molecule has 0 N–H and O–H groups in total. The highest BCUT2D eigenvalue weighted by Gasteiger charge is 2.60. The first-order chi connectivity index (χ1) is 17.5. The Morgan fingerprint density at radius 1 is 1.17 bits per heavy atom. The Morgan fingerprint density at radius 2 is 1.92 bits per heavy atom. The highest BCUT2D eigenvalue weighted by molar-refractivity contribution is 5.89. The number of hydrogen-bond donors (Lipinski definition) is 0. The largest absolute Gasteiger partial charge is 0.497 e. The van der Waals surface area contributed by atoms with Gasteiger partial charge in [-0.1, -0.05) is 70.9 Å². The number of ether oxygens (including phenoxy) is 2. The Hall–Kier alpha value is -2.75. The molecule has 3 unspecified atom stereocenters. The first-order valence-corrected chi connectivity index (χ1v) is 13.8. The number of methoxy groups -OCH3 is 2. The number of aromatic nitrogens is 1. The molecule has 0 bridgehead atoms. The van der Waals surface area contributed by atoms with Gasteiger partial charge in [-0.3, -0.25) is 4.79 Å². The van der Waals surface area contributed by atoms with Gasteiger partial charge in [-0.15, -0.1) is 0 Å². The van der Waals surface area contributed by atoms with Crippen molar-refractivity contribution < 1.29 is 14.3 Å². The van der Waals surface area contributed by atoms with Crippen molar-refractivity contribution in [2.24, 2.45) is 11.3 Å². The standard InChI is InChI=1S/C30H37NO3.C2H6/c1-5-21-12-16-25-26(17-21)31-19-30(29(32)34-4)18-23(30)13-15-24(33-3)14-11-20(2)28(31)27(25)22-9-7-6-8-10-22;1-2/h5,11-12,14-17,20,22-23H,1,6-10,13,18-19H2,2-4H3;1-2H3/b14-11-,24-15+;. The van der Waals surface area contributed by atoms with E-state index < -0.39 is 5.41 Å². The number of carbonyl (C=O) groups excluding carboxylic acids is 1. The number of rotatable bonds is 4. The molecular weight excluding hydrogens is 446 g/mol. The van der Waals surface area contributed by atoms with Crippen molar-refractivity contribution >= 4 is 22.9 Å². The Bertz CT molecular complexity index is 1160. The van der Waals surface area contributed by atoms with Gasteiger partial charge in [0.15, 0.2) is 0 Å². The van der Waals surface area contributed by atoms with Gasteiger partial charge in [-0.2, -0.15) is 0 Å². The van der Waals surface area contributed by atoms with Gasteiger partial charge >= 0.3 is 5.97 Å². The van der Waals surface area contributed by atoms with Crippen LogP contribution in [0.1, 0.15) is 94.4 Å². The summed E-state index contributed by atoms with van der Waals surface area (Å²) >= 11 is 0. The van der Waals surface area contributed by atoms with Crippen LogP contribution in [-0.4, -0.2) is 24.8 Å². The van der Waals surface area contributed by atoms with Gasteiger partial charge in [0.05, 0.1) is 19.6 Å². The predicted octanol–water partition coefficient (Wildman–Crippen LogP) is 8.13. The van der Waals surface area contributed by atoms with E-state index in [1.54, 1.807) is 7.11 Å². The molecule has 2 fully saturated rings. The monoisotopic (exact) mass is 489 g/mol. The van der Waals surface area contributed by atoms with Crippen molar-refractivity contribution in [3.8, 4) is 0 Å². The Kier molecular flexibility index (Phi) is 8.12. The lowest BCUT2D eigenvalue weighted by atomic mass is 9.81. The van der Waals surface area contributed by atoms with Crippen LogP contribution in [0.15, 0.2) is 48.8 Å². The number of benzene rings is 1. The third-order valence-electron chi connectivity index (χ3n) is 8.50. The fraction of sp³-hybridized carbons (Fsp3) is 0.531. The van der Waals surface area contributed by atoms with E-state index in [1.165, 1.54) is 61.4 Å². The van der Waals surface area contributed by atoms with E-state index in [4.69, 9.17) is 9.47 Å². The molecule has 0 spiro atoms. The van der Waals surface area contributed by atoms with Gasteiger partial charge in [0.2, 0.25) is 0 Å². The summed E-state index contributed by atoms with van der Waals surface area (Å²) in [5, 5.41) is 1.34. The van der Waals surface area contributed by atoms with E-state index >= 15 is 0 Å². The maximum atomic E-state index is 13.2. The smallest absolute Gasteiger partial charge is 0.313 e. The average Bonchev–Trinajstić information content (AvgIpc) is 3.55. The van der Waals surface area contributed by atoms with Crippen molar-refractivity contribution in [2.75, 3.05) is 14.2 Å². The molecule has 194 valence electrons. The summed E-state index contributed by atoms with van der Waals surface area (Å²) in [4.78, 5) is 13.2. The van der Waals surface area contributed by atoms with E-state index in [0.717, 1.165) is 24.2 Å². The molecule has 3 atom stereocenters. The topological polar surface area (TPSA) is 40.5 Å². The maximum absolute atomic E-state index is 13.2. The van der Waals surface area contributed by atoms with Crippen LogP contribution >= 0.6 is 0 Å². The lowest BCUT2D eigenvalue weighted by Gasteiger charge is -2.26. The molecule has 2 aromatic rings. The van der Waals surface area contributed by atoms with Crippen LogP contribution in [0.3, 0.4) is 0 Å². The summed E-state index contributed by atoms with van der Waals surface area (Å²) < 4.78 is 13.5. The number of nitrogens with zero attached hydrogens (tertiary/aromatic N) is 1. The molecule has 5 rings (SSSR count). The third-order valence-corrected chi connectivity index (χ3v) is 8.50. The number of esters is 1. The maximum Gasteiger partial charge on any atom is 0.313 e. The number of hydrogen-bond acceptors (Lipinski definition) is 3. The number of allylic oxidation sites excluding steroid dienone is 3. The molecule has 2 heterocycles. The van der Waals surface area contributed by atoms with Crippen molar-refractivity contribution in [2.45, 2.75) is 84.1 Å². The van der Waals surface area contributed by atoms with Gasteiger partial charge in [0.1, 0.15) is 5.76 Å². The zero-order valence-electron chi connectivity index (χ0n) is 22.8. The first-order valence-electron chi connectivity index (χ1n) is 13.8. The van der Waals surface area contributed by atoms with Crippen molar-refractivity contribution in [3.63, 3.8) is 0 Å². The fourth-order valence-corrected chi connectivity index (χ4v) is 6.51. The van der Waals surface area contributed by atoms with Crippen molar-refractivity contribution in [1.82, 2.24) is 4.57 Å². The second-order valence-corrected chi connectivity index (χ2v) is 10.4. The lowest BCUT2D eigenvalue weighted by Crippen LogP contribution is -2.27. The number of fused-ring (bicyclic) bond motifs is 4. The zero-order chi connectivity index (χ0) is 25.9. The second-order valence-electron chi connectivity index (χ2n) is 10.4. The molecular formula is C32H43NO3. The zero-order valence-corrected chi connectivity index (χ0v) is 22.8. The van der Waals surface area contributed by atoms with E-state index in [2.05, 4.69) is 54.5 Å². The van der Waals surface area contributed by atoms with Gasteiger partial charge < -0.3 is 14.0 Å². The highest BCUT2D eigenvalue weighted by Crippen LogP contribution is 2.58. The average molecular weight is 490 g/mol. The quantitative estimate of drug-likeness (QED) is 0.407. The van der Waals surface area contributed by atoms with Gasteiger partial charge in [-0.05, 0) is 66.9 Å². The number of carbonyl (C=O) groups is 1. The Labute approximate surface area is 217 Å². The van der Waals surface area contributed by atoms with Crippen molar-refractivity contribution in [3.05, 3.63) is 65.6 Å². The Balaban J connectivity index is 0.00000148. The van der Waals surface area contributed by atoms with Gasteiger partial charge in [-0.25, -0.2) is 0 Å². The minimum atomic E-state index is -0.483. The summed E-state index contributed by atoms with van der Waals surface area (Å²) in [5.41, 5.74) is 4.69. The molecule has 0 amide bonds. The molecule has 2 aliphatic carbocycles. The van der Waals surface area contributed by atoms with Crippen LogP contribution in [-0.2, 0) is 20.8 Å². The molecule has 1 aliphatic heterocycles. The third kappa shape index (κ3) is 4.67. The van der Waals surface area contributed by atoms with E-state index in [0.29, 0.717) is 12.5 Å². The van der Waals surface area contributed by atoms with Gasteiger partial charge in [0.25, 0.3) is 0 Å². The fourth-order valence-electron chi connectivity index (χ4n) is 6.51. The molecule has 1 aromatic heterocycles. The SMILES string of the molecule is C=Cc1ccc2c(C3CCCCC3)c3n(c2c1)CC1(C(=O)OC)CC1C/C=C(OC)\C=C/C3C.CC. The molecule has 4 nitrogen and oxygen atoms in total.